The van der Waals surface area contributed by atoms with Gasteiger partial charge in [0.05, 0.1) is 18.8 Å². The third-order valence-corrected chi connectivity index (χ3v) is 3.97. The molecule has 122 valence electrons. The number of hydrogen-bond acceptors (Lipinski definition) is 5. The van der Waals surface area contributed by atoms with Gasteiger partial charge in [-0.2, -0.15) is 5.10 Å². The number of carbonyl (C=O) groups is 2. The van der Waals surface area contributed by atoms with Crippen molar-refractivity contribution in [3.8, 4) is 0 Å². The summed E-state index contributed by atoms with van der Waals surface area (Å²) in [6.07, 6.45) is 1.76. The molecule has 0 saturated carbocycles. The molecule has 1 atom stereocenters. The predicted molar refractivity (Wildman–Crippen MR) is 80.3 cm³/mol. The van der Waals surface area contributed by atoms with Crippen molar-refractivity contribution in [2.75, 3.05) is 7.05 Å². The van der Waals surface area contributed by atoms with Crippen LogP contribution in [0.3, 0.4) is 0 Å². The molecule has 1 aliphatic heterocycles. The largest absolute Gasteiger partial charge is 0.345 e. The van der Waals surface area contributed by atoms with Gasteiger partial charge in [0, 0.05) is 19.8 Å². The molecule has 2 aromatic heterocycles. The number of likely N-dealkylation sites (N-methyl/N-ethyl adjacent to an activating group) is 1. The minimum Gasteiger partial charge on any atom is -0.345 e. The van der Waals surface area contributed by atoms with Crippen LogP contribution >= 0.6 is 0 Å². The zero-order chi connectivity index (χ0) is 16.6. The lowest BCUT2D eigenvalue weighted by molar-refractivity contribution is -0.135. The van der Waals surface area contributed by atoms with Crippen LogP contribution in [0.5, 0.6) is 0 Å². The average molecular weight is 317 g/mol. The highest BCUT2D eigenvalue weighted by Gasteiger charge is 2.31. The number of nitrogens with one attached hydrogen (secondary N) is 1. The average Bonchev–Trinajstić information content (AvgIpc) is 3.17. The molecule has 1 N–H and O–H groups in total. The van der Waals surface area contributed by atoms with E-state index in [1.807, 2.05) is 6.92 Å². The van der Waals surface area contributed by atoms with Crippen molar-refractivity contribution in [1.82, 2.24) is 35.0 Å². The van der Waals surface area contributed by atoms with Crippen molar-refractivity contribution in [2.45, 2.75) is 39.5 Å². The molecular formula is C14H19N7O2. The molecule has 1 unspecified atom stereocenters. The maximum absolute atomic E-state index is 12.1. The lowest BCUT2D eigenvalue weighted by Crippen LogP contribution is -2.39. The number of aryl methyl sites for hydroxylation is 1. The van der Waals surface area contributed by atoms with Crippen LogP contribution in [0.2, 0.25) is 0 Å². The third-order valence-electron chi connectivity index (χ3n) is 3.97. The van der Waals surface area contributed by atoms with Gasteiger partial charge >= 0.3 is 0 Å². The van der Waals surface area contributed by atoms with E-state index in [0.717, 1.165) is 5.69 Å². The van der Waals surface area contributed by atoms with Gasteiger partial charge in [0.25, 0.3) is 5.91 Å². The first-order valence-corrected chi connectivity index (χ1v) is 7.50. The van der Waals surface area contributed by atoms with Gasteiger partial charge in [-0.3, -0.25) is 14.3 Å². The lowest BCUT2D eigenvalue weighted by Gasteiger charge is -2.28. The summed E-state index contributed by atoms with van der Waals surface area (Å²) in [5.74, 6) is -0.254. The Kier molecular flexibility index (Phi) is 3.85. The van der Waals surface area contributed by atoms with Gasteiger partial charge in [-0.25, -0.2) is 4.68 Å². The number of aromatic nitrogens is 5. The van der Waals surface area contributed by atoms with E-state index in [4.69, 9.17) is 0 Å². The minimum atomic E-state index is -0.374. The Morgan fingerprint density at radius 2 is 2.26 bits per heavy atom. The summed E-state index contributed by atoms with van der Waals surface area (Å²) in [5, 5.41) is 15.1. The van der Waals surface area contributed by atoms with Gasteiger partial charge in [0.15, 0.2) is 0 Å². The Hall–Kier alpha value is -2.71. The number of nitrogens with zero attached hydrogens (tertiary/aromatic N) is 6. The second-order valence-corrected chi connectivity index (χ2v) is 5.54. The first kappa shape index (κ1) is 15.2. The van der Waals surface area contributed by atoms with Crippen molar-refractivity contribution < 1.29 is 9.59 Å². The van der Waals surface area contributed by atoms with Crippen molar-refractivity contribution in [2.24, 2.45) is 0 Å². The van der Waals surface area contributed by atoms with E-state index in [9.17, 15) is 9.59 Å². The SMILES string of the molecule is CCn1ccc(C(=O)NCc2nnn3c2CN(C)C(=O)C3C)n1. The van der Waals surface area contributed by atoms with Crippen molar-refractivity contribution in [3.63, 3.8) is 0 Å². The molecule has 0 radical (unpaired) electrons. The summed E-state index contributed by atoms with van der Waals surface area (Å²) in [7, 11) is 1.75. The number of amides is 2. The maximum Gasteiger partial charge on any atom is 0.272 e. The van der Waals surface area contributed by atoms with E-state index in [2.05, 4.69) is 20.7 Å². The summed E-state index contributed by atoms with van der Waals surface area (Å²) < 4.78 is 3.31. The van der Waals surface area contributed by atoms with E-state index in [0.29, 0.717) is 24.5 Å². The number of carbonyl (C=O) groups excluding carboxylic acids is 2. The molecule has 9 heteroatoms. The fourth-order valence-electron chi connectivity index (χ4n) is 2.60. The van der Waals surface area contributed by atoms with Crippen molar-refractivity contribution in [3.05, 3.63) is 29.3 Å². The molecule has 2 amide bonds. The molecule has 3 rings (SSSR count). The first-order valence-electron chi connectivity index (χ1n) is 7.50. The zero-order valence-electron chi connectivity index (χ0n) is 13.4. The molecular weight excluding hydrogens is 298 g/mol. The molecule has 0 spiro atoms. The summed E-state index contributed by atoms with van der Waals surface area (Å²) in [6.45, 7) is 5.14. The number of fused-ring (bicyclic) bond motifs is 1. The van der Waals surface area contributed by atoms with E-state index >= 15 is 0 Å². The van der Waals surface area contributed by atoms with E-state index in [1.54, 1.807) is 40.5 Å². The van der Waals surface area contributed by atoms with Crippen LogP contribution in [-0.4, -0.2) is 48.5 Å². The standard InChI is InChI=1S/C14H19N7O2/c1-4-20-6-5-10(17-20)13(22)15-7-11-12-8-19(3)14(23)9(2)21(12)18-16-11/h5-6,9H,4,7-8H2,1-3H3,(H,15,22). The second kappa shape index (κ2) is 5.82. The quantitative estimate of drug-likeness (QED) is 0.853. The molecule has 23 heavy (non-hydrogen) atoms. The Labute approximate surface area is 133 Å². The van der Waals surface area contributed by atoms with Gasteiger partial charge in [-0.15, -0.1) is 5.10 Å². The Bertz CT molecular complexity index is 748. The monoisotopic (exact) mass is 317 g/mol. The molecule has 0 aliphatic carbocycles. The van der Waals surface area contributed by atoms with Gasteiger partial charge in [0.1, 0.15) is 17.4 Å². The molecule has 0 bridgehead atoms. The third kappa shape index (κ3) is 2.69. The molecule has 0 fully saturated rings. The highest BCUT2D eigenvalue weighted by atomic mass is 16.2. The molecule has 1 aliphatic rings. The smallest absolute Gasteiger partial charge is 0.272 e. The molecule has 2 aromatic rings. The van der Waals surface area contributed by atoms with Gasteiger partial charge in [-0.1, -0.05) is 5.21 Å². The van der Waals surface area contributed by atoms with Gasteiger partial charge < -0.3 is 10.2 Å². The molecule has 9 nitrogen and oxygen atoms in total. The van der Waals surface area contributed by atoms with E-state index in [-0.39, 0.29) is 24.4 Å². The summed E-state index contributed by atoms with van der Waals surface area (Å²) in [5.41, 5.74) is 1.88. The molecule has 3 heterocycles. The summed E-state index contributed by atoms with van der Waals surface area (Å²) >= 11 is 0. The summed E-state index contributed by atoms with van der Waals surface area (Å²) in [6, 6.07) is 1.30. The lowest BCUT2D eigenvalue weighted by atomic mass is 10.2. The molecule has 0 aromatic carbocycles. The van der Waals surface area contributed by atoms with E-state index in [1.165, 1.54) is 0 Å². The predicted octanol–water partition coefficient (Wildman–Crippen LogP) is -0.0425. The fourth-order valence-corrected chi connectivity index (χ4v) is 2.60. The van der Waals surface area contributed by atoms with Crippen LogP contribution in [0.1, 0.15) is 41.8 Å². The Balaban J connectivity index is 1.71. The Morgan fingerprint density at radius 1 is 1.48 bits per heavy atom. The van der Waals surface area contributed by atoms with Crippen molar-refractivity contribution >= 4 is 11.8 Å². The van der Waals surface area contributed by atoms with Crippen molar-refractivity contribution in [1.29, 1.82) is 0 Å². The first-order chi connectivity index (χ1) is 11.0. The van der Waals surface area contributed by atoms with Gasteiger partial charge in [0.2, 0.25) is 5.91 Å². The van der Waals surface area contributed by atoms with Crippen LogP contribution in [0.4, 0.5) is 0 Å². The van der Waals surface area contributed by atoms with Gasteiger partial charge in [-0.05, 0) is 19.9 Å². The highest BCUT2D eigenvalue weighted by Crippen LogP contribution is 2.21. The number of rotatable bonds is 4. The zero-order valence-corrected chi connectivity index (χ0v) is 13.4. The van der Waals surface area contributed by atoms with E-state index < -0.39 is 0 Å². The molecule has 0 saturated heterocycles. The van der Waals surface area contributed by atoms with Crippen LogP contribution in [-0.2, 0) is 24.4 Å². The fraction of sp³-hybridized carbons (Fsp3) is 0.500. The van der Waals surface area contributed by atoms with Crippen LogP contribution in [0.15, 0.2) is 12.3 Å². The summed E-state index contributed by atoms with van der Waals surface area (Å²) in [4.78, 5) is 25.7. The number of hydrogen-bond donors (Lipinski definition) is 1. The minimum absolute atomic E-state index is 0.00286. The topological polar surface area (TPSA) is 97.9 Å². The van der Waals surface area contributed by atoms with Crippen LogP contribution in [0, 0.1) is 0 Å². The van der Waals surface area contributed by atoms with Crippen LogP contribution in [0.25, 0.3) is 0 Å². The second-order valence-electron chi connectivity index (χ2n) is 5.54. The van der Waals surface area contributed by atoms with Crippen LogP contribution < -0.4 is 5.32 Å². The Morgan fingerprint density at radius 3 is 2.96 bits per heavy atom. The normalized spacial score (nSPS) is 17.3. The highest BCUT2D eigenvalue weighted by molar-refractivity contribution is 5.92. The maximum atomic E-state index is 12.1.